The van der Waals surface area contributed by atoms with Crippen molar-refractivity contribution in [2.24, 2.45) is 0 Å². The third-order valence-corrected chi connectivity index (χ3v) is 6.09. The third kappa shape index (κ3) is 4.47. The molecular formula is C20H21N3O4S. The van der Waals surface area contributed by atoms with Gasteiger partial charge in [-0.1, -0.05) is 30.3 Å². The molecule has 28 heavy (non-hydrogen) atoms. The largest absolute Gasteiger partial charge is 0.481 e. The van der Waals surface area contributed by atoms with E-state index in [4.69, 9.17) is 4.74 Å². The van der Waals surface area contributed by atoms with Gasteiger partial charge in [0.25, 0.3) is 0 Å². The van der Waals surface area contributed by atoms with E-state index < -0.39 is 15.9 Å². The summed E-state index contributed by atoms with van der Waals surface area (Å²) in [4.78, 5) is 16.4. The summed E-state index contributed by atoms with van der Waals surface area (Å²) < 4.78 is 31.7. The molecule has 0 spiro atoms. The molecule has 1 amide bonds. The summed E-state index contributed by atoms with van der Waals surface area (Å²) >= 11 is 0. The SMILES string of the molecule is COc1cc(CNC(=O)CN(C)S(=O)(=O)c2ccc3ccccc3c2)ccn1. The Kier molecular flexibility index (Phi) is 5.91. The molecule has 3 rings (SSSR count). The maximum absolute atomic E-state index is 12.8. The van der Waals surface area contributed by atoms with Gasteiger partial charge in [-0.2, -0.15) is 4.31 Å². The minimum atomic E-state index is -3.78. The molecule has 0 aliphatic carbocycles. The second-order valence-corrected chi connectivity index (χ2v) is 8.30. The van der Waals surface area contributed by atoms with E-state index in [1.165, 1.54) is 14.2 Å². The highest BCUT2D eigenvalue weighted by Gasteiger charge is 2.23. The van der Waals surface area contributed by atoms with Crippen LogP contribution < -0.4 is 10.1 Å². The number of ether oxygens (including phenoxy) is 1. The Bertz CT molecular complexity index is 1100. The first-order valence-electron chi connectivity index (χ1n) is 8.61. The van der Waals surface area contributed by atoms with Crippen molar-refractivity contribution < 1.29 is 17.9 Å². The number of rotatable bonds is 7. The Morgan fingerprint density at radius 1 is 1.11 bits per heavy atom. The number of sulfonamides is 1. The Morgan fingerprint density at radius 2 is 1.86 bits per heavy atom. The molecule has 146 valence electrons. The molecule has 2 aromatic carbocycles. The summed E-state index contributed by atoms with van der Waals surface area (Å²) in [7, 11) is -0.877. The van der Waals surface area contributed by atoms with Crippen molar-refractivity contribution >= 4 is 26.7 Å². The van der Waals surface area contributed by atoms with Crippen LogP contribution in [-0.4, -0.2) is 44.3 Å². The summed E-state index contributed by atoms with van der Waals surface area (Å²) in [5.74, 6) is 0.0467. The van der Waals surface area contributed by atoms with Gasteiger partial charge in [-0.15, -0.1) is 0 Å². The van der Waals surface area contributed by atoms with Gasteiger partial charge in [0.2, 0.25) is 21.8 Å². The van der Waals surface area contributed by atoms with Gasteiger partial charge >= 0.3 is 0 Å². The maximum atomic E-state index is 12.8. The van der Waals surface area contributed by atoms with Crippen LogP contribution in [0, 0.1) is 0 Å². The highest BCUT2D eigenvalue weighted by Crippen LogP contribution is 2.21. The lowest BCUT2D eigenvalue weighted by Gasteiger charge is -2.17. The third-order valence-electron chi connectivity index (χ3n) is 4.29. The molecule has 0 bridgehead atoms. The van der Waals surface area contributed by atoms with Gasteiger partial charge in [0.15, 0.2) is 0 Å². The Balaban J connectivity index is 1.66. The summed E-state index contributed by atoms with van der Waals surface area (Å²) in [6, 6.07) is 15.9. The lowest BCUT2D eigenvalue weighted by molar-refractivity contribution is -0.121. The number of amides is 1. The van der Waals surface area contributed by atoms with E-state index >= 15 is 0 Å². The monoisotopic (exact) mass is 399 g/mol. The van der Waals surface area contributed by atoms with Crippen LogP contribution in [0.2, 0.25) is 0 Å². The van der Waals surface area contributed by atoms with Crippen molar-refractivity contribution in [1.82, 2.24) is 14.6 Å². The van der Waals surface area contributed by atoms with Crippen LogP contribution in [0.1, 0.15) is 5.56 Å². The average molecular weight is 399 g/mol. The molecule has 1 N–H and O–H groups in total. The molecule has 0 saturated carbocycles. The molecule has 3 aromatic rings. The maximum Gasteiger partial charge on any atom is 0.243 e. The fraction of sp³-hybridized carbons (Fsp3) is 0.200. The van der Waals surface area contributed by atoms with Crippen LogP contribution in [0.3, 0.4) is 0 Å². The molecule has 0 aliphatic rings. The zero-order chi connectivity index (χ0) is 20.1. The predicted octanol–water partition coefficient (Wildman–Crippen LogP) is 2.18. The fourth-order valence-electron chi connectivity index (χ4n) is 2.72. The second kappa shape index (κ2) is 8.37. The van der Waals surface area contributed by atoms with Gasteiger partial charge in [-0.25, -0.2) is 13.4 Å². The molecule has 0 aliphatic heterocycles. The van der Waals surface area contributed by atoms with Crippen LogP contribution >= 0.6 is 0 Å². The number of carbonyl (C=O) groups excluding carboxylic acids is 1. The predicted molar refractivity (Wildman–Crippen MR) is 106 cm³/mol. The summed E-state index contributed by atoms with van der Waals surface area (Å²) in [6.07, 6.45) is 1.58. The average Bonchev–Trinajstić information content (AvgIpc) is 2.72. The zero-order valence-electron chi connectivity index (χ0n) is 15.6. The van der Waals surface area contributed by atoms with E-state index in [1.807, 2.05) is 24.3 Å². The zero-order valence-corrected chi connectivity index (χ0v) is 16.4. The van der Waals surface area contributed by atoms with Crippen molar-refractivity contribution in [1.29, 1.82) is 0 Å². The van der Waals surface area contributed by atoms with Gasteiger partial charge in [0, 0.05) is 25.9 Å². The van der Waals surface area contributed by atoms with Crippen LogP contribution in [0.4, 0.5) is 0 Å². The molecule has 0 fully saturated rings. The van der Waals surface area contributed by atoms with Crippen LogP contribution in [0.5, 0.6) is 5.88 Å². The quantitative estimate of drug-likeness (QED) is 0.658. The van der Waals surface area contributed by atoms with Gasteiger partial charge in [-0.3, -0.25) is 4.79 Å². The van der Waals surface area contributed by atoms with Crippen molar-refractivity contribution in [3.05, 3.63) is 66.4 Å². The number of fused-ring (bicyclic) bond motifs is 1. The summed E-state index contributed by atoms with van der Waals surface area (Å²) in [5, 5.41) is 4.49. The van der Waals surface area contributed by atoms with Gasteiger partial charge < -0.3 is 10.1 Å². The molecular weight excluding hydrogens is 378 g/mol. The van der Waals surface area contributed by atoms with Gasteiger partial charge in [0.1, 0.15) is 0 Å². The number of carbonyl (C=O) groups is 1. The Hall–Kier alpha value is -2.97. The number of likely N-dealkylation sites (N-methyl/N-ethyl adjacent to an activating group) is 1. The van der Waals surface area contributed by atoms with Gasteiger partial charge in [0.05, 0.1) is 18.6 Å². The van der Waals surface area contributed by atoms with Crippen molar-refractivity contribution in [2.75, 3.05) is 20.7 Å². The topological polar surface area (TPSA) is 88.6 Å². The van der Waals surface area contributed by atoms with E-state index in [-0.39, 0.29) is 18.0 Å². The molecule has 8 heteroatoms. The van der Waals surface area contributed by atoms with Crippen LogP contribution in [0.15, 0.2) is 65.7 Å². The fourth-order valence-corrected chi connectivity index (χ4v) is 3.89. The standard InChI is InChI=1S/C20H21N3O4S/c1-23(14-19(24)22-13-15-9-10-21-20(11-15)27-2)28(25,26)18-8-7-16-5-3-4-6-17(16)12-18/h3-12H,13-14H2,1-2H3,(H,22,24). The van der Waals surface area contributed by atoms with Gasteiger partial charge in [-0.05, 0) is 34.5 Å². The number of methoxy groups -OCH3 is 1. The van der Waals surface area contributed by atoms with E-state index in [1.54, 1.807) is 36.5 Å². The highest BCUT2D eigenvalue weighted by molar-refractivity contribution is 7.89. The first-order valence-corrected chi connectivity index (χ1v) is 10.0. The first-order chi connectivity index (χ1) is 13.4. The number of hydrogen-bond donors (Lipinski definition) is 1. The molecule has 0 atom stereocenters. The highest BCUT2D eigenvalue weighted by atomic mass is 32.2. The molecule has 0 radical (unpaired) electrons. The van der Waals surface area contributed by atoms with E-state index in [9.17, 15) is 13.2 Å². The molecule has 0 unspecified atom stereocenters. The number of nitrogens with zero attached hydrogens (tertiary/aromatic N) is 2. The Labute approximate surface area is 164 Å². The minimum Gasteiger partial charge on any atom is -0.481 e. The lowest BCUT2D eigenvalue weighted by Crippen LogP contribution is -2.38. The van der Waals surface area contributed by atoms with Crippen LogP contribution in [0.25, 0.3) is 10.8 Å². The summed E-state index contributed by atoms with van der Waals surface area (Å²) in [6.45, 7) is -0.0288. The van der Waals surface area contributed by atoms with Crippen molar-refractivity contribution in [3.63, 3.8) is 0 Å². The van der Waals surface area contributed by atoms with E-state index in [0.29, 0.717) is 5.88 Å². The smallest absolute Gasteiger partial charge is 0.243 e. The second-order valence-electron chi connectivity index (χ2n) is 6.25. The first kappa shape index (κ1) is 19.8. The summed E-state index contributed by atoms with van der Waals surface area (Å²) in [5.41, 5.74) is 0.806. The number of aromatic nitrogens is 1. The molecule has 0 saturated heterocycles. The number of benzene rings is 2. The number of pyridine rings is 1. The van der Waals surface area contributed by atoms with Crippen molar-refractivity contribution in [3.8, 4) is 5.88 Å². The van der Waals surface area contributed by atoms with Crippen LogP contribution in [-0.2, 0) is 21.4 Å². The minimum absolute atomic E-state index is 0.153. The van der Waals surface area contributed by atoms with Crippen molar-refractivity contribution in [2.45, 2.75) is 11.4 Å². The normalized spacial score (nSPS) is 11.5. The molecule has 1 heterocycles. The Morgan fingerprint density at radius 3 is 2.61 bits per heavy atom. The molecule has 1 aromatic heterocycles. The lowest BCUT2D eigenvalue weighted by atomic mass is 10.1. The number of nitrogens with one attached hydrogen (secondary N) is 1. The molecule has 7 nitrogen and oxygen atoms in total. The van der Waals surface area contributed by atoms with E-state index in [2.05, 4.69) is 10.3 Å². The van der Waals surface area contributed by atoms with E-state index in [0.717, 1.165) is 20.6 Å². The number of hydrogen-bond acceptors (Lipinski definition) is 5.